The van der Waals surface area contributed by atoms with Gasteiger partial charge in [0.05, 0.1) is 19.3 Å². The molecule has 5 amide bonds. The molecule has 0 aliphatic heterocycles. The van der Waals surface area contributed by atoms with Crippen molar-refractivity contribution in [2.24, 2.45) is 5.73 Å². The predicted octanol–water partition coefficient (Wildman–Crippen LogP) is -4.50. The summed E-state index contributed by atoms with van der Waals surface area (Å²) < 4.78 is 0. The summed E-state index contributed by atoms with van der Waals surface area (Å²) in [7, 11) is 0. The minimum absolute atomic E-state index is 0.0854. The zero-order valence-corrected chi connectivity index (χ0v) is 25.7. The maximum atomic E-state index is 13.3. The number of benzene rings is 1. The Hall–Kier alpha value is -5.34. The molecule has 0 heterocycles. The van der Waals surface area contributed by atoms with Crippen LogP contribution in [0.5, 0.6) is 5.75 Å². The number of aliphatic hydroxyl groups is 2. The Morgan fingerprint density at radius 1 is 0.708 bits per heavy atom. The molecular formula is C28H40N6O14. The molecule has 20 heteroatoms. The average molecular weight is 685 g/mol. The second-order valence-corrected chi connectivity index (χ2v) is 10.5. The molecular weight excluding hydrogens is 644 g/mol. The van der Waals surface area contributed by atoms with Gasteiger partial charge in [-0.05, 0) is 37.5 Å². The van der Waals surface area contributed by atoms with E-state index in [0.29, 0.717) is 5.56 Å². The number of amides is 5. The third-order valence-corrected chi connectivity index (χ3v) is 6.63. The smallest absolute Gasteiger partial charge is 0.328 e. The number of aliphatic carboxylic acids is 3. The second kappa shape index (κ2) is 20.0. The molecule has 0 aromatic heterocycles. The highest BCUT2D eigenvalue weighted by molar-refractivity contribution is 5.95. The van der Waals surface area contributed by atoms with Gasteiger partial charge in [-0.15, -0.1) is 0 Å². The zero-order valence-electron chi connectivity index (χ0n) is 25.7. The molecule has 6 atom stereocenters. The zero-order chi connectivity index (χ0) is 36.6. The van der Waals surface area contributed by atoms with Gasteiger partial charge in [-0.1, -0.05) is 12.1 Å². The Bertz CT molecular complexity index is 1320. The molecule has 1 rings (SSSR count). The van der Waals surface area contributed by atoms with E-state index in [1.54, 1.807) is 0 Å². The van der Waals surface area contributed by atoms with E-state index in [-0.39, 0.29) is 12.2 Å². The number of carboxylic acid groups (broad SMARTS) is 3. The standard InChI is InChI=1S/C28H40N6O14/c1-13(36)23(29)27(46)33-18(10-14-2-4-15(37)5-3-14)26(45)32-16(6-8-21(39)40)24(43)30-11-20(38)31-17(7-9-22(41)42)25(44)34-19(12-35)28(47)48/h2-5,13,16-19,23,35-37H,6-12,29H2,1H3,(H,30,43)(H,31,38)(H,32,45)(H,33,46)(H,34,44)(H,39,40)(H,41,42)(H,47,48)/t13-,16+,17+,18+,19+,23+/m1/s1. The fourth-order valence-corrected chi connectivity index (χ4v) is 3.90. The molecule has 1 aromatic rings. The number of aromatic hydroxyl groups is 1. The van der Waals surface area contributed by atoms with Crippen molar-refractivity contribution in [3.05, 3.63) is 29.8 Å². The summed E-state index contributed by atoms with van der Waals surface area (Å²) in [6, 6.07) is -2.29. The predicted molar refractivity (Wildman–Crippen MR) is 161 cm³/mol. The number of phenolic OH excluding ortho intramolecular Hbond substituents is 1. The topological polar surface area (TPSA) is 344 Å². The highest BCUT2D eigenvalue weighted by atomic mass is 16.4. The molecule has 1 aromatic carbocycles. The Morgan fingerprint density at radius 2 is 1.19 bits per heavy atom. The van der Waals surface area contributed by atoms with Gasteiger partial charge in [0.1, 0.15) is 36.0 Å². The molecule has 0 saturated carbocycles. The Labute approximate surface area is 273 Å². The van der Waals surface area contributed by atoms with E-state index < -0.39 is 123 Å². The van der Waals surface area contributed by atoms with Crippen LogP contribution in [0.3, 0.4) is 0 Å². The number of phenols is 1. The molecule has 0 saturated heterocycles. The van der Waals surface area contributed by atoms with Crippen LogP contribution in [-0.4, -0.2) is 128 Å². The van der Waals surface area contributed by atoms with Gasteiger partial charge >= 0.3 is 17.9 Å². The first kappa shape index (κ1) is 40.7. The van der Waals surface area contributed by atoms with Crippen LogP contribution >= 0.6 is 0 Å². The molecule has 0 unspecified atom stereocenters. The lowest BCUT2D eigenvalue weighted by molar-refractivity contribution is -0.144. The largest absolute Gasteiger partial charge is 0.508 e. The second-order valence-electron chi connectivity index (χ2n) is 10.5. The highest BCUT2D eigenvalue weighted by Crippen LogP contribution is 2.12. The van der Waals surface area contributed by atoms with E-state index >= 15 is 0 Å². The van der Waals surface area contributed by atoms with Crippen molar-refractivity contribution in [3.8, 4) is 5.75 Å². The van der Waals surface area contributed by atoms with Gasteiger partial charge in [-0.25, -0.2) is 4.79 Å². The lowest BCUT2D eigenvalue weighted by Gasteiger charge is -2.25. The number of nitrogens with two attached hydrogens (primary N) is 1. The summed E-state index contributed by atoms with van der Waals surface area (Å²) in [5.74, 6) is -9.55. The van der Waals surface area contributed by atoms with Crippen LogP contribution in [-0.2, 0) is 44.8 Å². The number of carbonyl (C=O) groups excluding carboxylic acids is 5. The summed E-state index contributed by atoms with van der Waals surface area (Å²) in [6.45, 7) is -0.633. The lowest BCUT2D eigenvalue weighted by atomic mass is 10.0. The fraction of sp³-hybridized carbons (Fsp3) is 0.500. The van der Waals surface area contributed by atoms with Crippen LogP contribution in [0.2, 0.25) is 0 Å². The van der Waals surface area contributed by atoms with Crippen molar-refractivity contribution in [2.45, 2.75) is 75.3 Å². The Kier molecular flexibility index (Phi) is 17.0. The van der Waals surface area contributed by atoms with E-state index in [9.17, 15) is 48.6 Å². The van der Waals surface area contributed by atoms with Crippen molar-refractivity contribution >= 4 is 47.4 Å². The SMILES string of the molecule is C[C@@H](O)[C@H](N)C(=O)N[C@@H](Cc1ccc(O)cc1)C(=O)N[C@@H](CCC(=O)O)C(=O)NCC(=O)N[C@@H](CCC(=O)O)C(=O)N[C@@H](CO)C(=O)O. The number of carbonyl (C=O) groups is 8. The number of hydrogen-bond donors (Lipinski definition) is 12. The van der Waals surface area contributed by atoms with Gasteiger partial charge in [0.15, 0.2) is 0 Å². The number of rotatable bonds is 21. The van der Waals surface area contributed by atoms with E-state index in [1.807, 2.05) is 5.32 Å². The van der Waals surface area contributed by atoms with Crippen molar-refractivity contribution in [2.75, 3.05) is 13.2 Å². The maximum absolute atomic E-state index is 13.3. The Morgan fingerprint density at radius 3 is 1.67 bits per heavy atom. The lowest BCUT2D eigenvalue weighted by Crippen LogP contribution is -2.58. The minimum Gasteiger partial charge on any atom is -0.508 e. The van der Waals surface area contributed by atoms with Gasteiger partial charge < -0.3 is 63.0 Å². The molecule has 0 fully saturated rings. The molecule has 0 aliphatic carbocycles. The average Bonchev–Trinajstić information content (AvgIpc) is 3.02. The molecule has 266 valence electrons. The van der Waals surface area contributed by atoms with Gasteiger partial charge in [0.25, 0.3) is 0 Å². The van der Waals surface area contributed by atoms with Crippen LogP contribution in [0.15, 0.2) is 24.3 Å². The number of hydrogen-bond acceptors (Lipinski definition) is 12. The minimum atomic E-state index is -1.76. The molecule has 0 aliphatic rings. The van der Waals surface area contributed by atoms with Gasteiger partial charge in [0, 0.05) is 19.3 Å². The third kappa shape index (κ3) is 14.8. The molecule has 0 spiro atoms. The summed E-state index contributed by atoms with van der Waals surface area (Å²) >= 11 is 0. The van der Waals surface area contributed by atoms with Crippen LogP contribution in [0.1, 0.15) is 38.2 Å². The Balaban J connectivity index is 3.10. The van der Waals surface area contributed by atoms with E-state index in [2.05, 4.69) is 21.3 Å². The molecule has 0 radical (unpaired) electrons. The highest BCUT2D eigenvalue weighted by Gasteiger charge is 2.31. The van der Waals surface area contributed by atoms with E-state index in [0.717, 1.165) is 0 Å². The summed E-state index contributed by atoms with van der Waals surface area (Å²) in [5, 5.41) is 66.4. The van der Waals surface area contributed by atoms with E-state index in [1.165, 1.54) is 31.2 Å². The van der Waals surface area contributed by atoms with Crippen molar-refractivity contribution in [1.29, 1.82) is 0 Å². The monoisotopic (exact) mass is 684 g/mol. The molecule has 48 heavy (non-hydrogen) atoms. The normalized spacial score (nSPS) is 14.5. The number of aliphatic hydroxyl groups excluding tert-OH is 2. The number of nitrogens with one attached hydrogen (secondary N) is 5. The van der Waals surface area contributed by atoms with Crippen molar-refractivity contribution < 1.29 is 69.0 Å². The quantitative estimate of drug-likeness (QED) is 0.0580. The first-order valence-corrected chi connectivity index (χ1v) is 14.4. The van der Waals surface area contributed by atoms with E-state index in [4.69, 9.17) is 26.2 Å². The van der Waals surface area contributed by atoms with Gasteiger partial charge in [-0.2, -0.15) is 0 Å². The van der Waals surface area contributed by atoms with Crippen LogP contribution in [0, 0.1) is 0 Å². The van der Waals surface area contributed by atoms with Crippen LogP contribution in [0.25, 0.3) is 0 Å². The van der Waals surface area contributed by atoms with Crippen LogP contribution < -0.4 is 32.3 Å². The van der Waals surface area contributed by atoms with Gasteiger partial charge in [0.2, 0.25) is 29.5 Å². The van der Waals surface area contributed by atoms with Crippen LogP contribution in [0.4, 0.5) is 0 Å². The fourth-order valence-electron chi connectivity index (χ4n) is 3.90. The summed E-state index contributed by atoms with van der Waals surface area (Å²) in [5.41, 5.74) is 6.11. The number of carboxylic acids is 3. The summed E-state index contributed by atoms with van der Waals surface area (Å²) in [4.78, 5) is 97.4. The third-order valence-electron chi connectivity index (χ3n) is 6.63. The van der Waals surface area contributed by atoms with Crippen molar-refractivity contribution in [3.63, 3.8) is 0 Å². The maximum Gasteiger partial charge on any atom is 0.328 e. The van der Waals surface area contributed by atoms with Gasteiger partial charge in [-0.3, -0.25) is 33.6 Å². The molecule has 20 nitrogen and oxygen atoms in total. The first-order valence-electron chi connectivity index (χ1n) is 14.4. The first-order chi connectivity index (χ1) is 22.4. The molecule has 13 N–H and O–H groups in total. The summed E-state index contributed by atoms with van der Waals surface area (Å²) in [6.07, 6.45) is -3.73. The van der Waals surface area contributed by atoms with Crippen molar-refractivity contribution in [1.82, 2.24) is 26.6 Å². The molecule has 0 bridgehead atoms.